The lowest BCUT2D eigenvalue weighted by Crippen LogP contribution is -2.42. The van der Waals surface area contributed by atoms with Crippen molar-refractivity contribution in [1.29, 1.82) is 0 Å². The molecule has 0 radical (unpaired) electrons. The Morgan fingerprint density at radius 1 is 1.23 bits per heavy atom. The number of benzene rings is 1. The molecule has 1 amide bonds. The Morgan fingerprint density at radius 3 is 2.32 bits per heavy atom. The van der Waals surface area contributed by atoms with Gasteiger partial charge in [0.05, 0.1) is 12.6 Å². The minimum absolute atomic E-state index is 0.102. The molecule has 0 aromatic heterocycles. The monoisotopic (exact) mass is 327 g/mol. The lowest BCUT2D eigenvalue weighted by molar-refractivity contribution is 0.0464. The second-order valence-corrected chi connectivity index (χ2v) is 6.37. The third-order valence-electron chi connectivity index (χ3n) is 2.69. The summed E-state index contributed by atoms with van der Waals surface area (Å²) in [6.07, 6.45) is -0.451. The van der Waals surface area contributed by atoms with E-state index in [0.29, 0.717) is 10.6 Å². The third kappa shape index (κ3) is 6.91. The molecule has 0 aliphatic heterocycles. The zero-order chi connectivity index (χ0) is 16.8. The van der Waals surface area contributed by atoms with E-state index >= 15 is 0 Å². The fraction of sp³-hybridized carbons (Fsp3) is 0.500. The lowest BCUT2D eigenvalue weighted by atomic mass is 10.0. The average Bonchev–Trinajstić information content (AvgIpc) is 2.37. The summed E-state index contributed by atoms with van der Waals surface area (Å²) in [4.78, 5) is 24.0. The number of rotatable bonds is 6. The predicted molar refractivity (Wildman–Crippen MR) is 85.4 cm³/mol. The first kappa shape index (κ1) is 18.5. The summed E-state index contributed by atoms with van der Waals surface area (Å²) in [5, 5.41) is 3.22. The highest BCUT2D eigenvalue weighted by Gasteiger charge is 2.21. The molecule has 22 heavy (non-hydrogen) atoms. The third-order valence-corrected chi connectivity index (χ3v) is 2.94. The van der Waals surface area contributed by atoms with E-state index in [2.05, 4.69) is 5.32 Å². The van der Waals surface area contributed by atoms with Gasteiger partial charge in [-0.25, -0.2) is 4.79 Å². The number of hydrogen-bond donors (Lipinski definition) is 1. The zero-order valence-electron chi connectivity index (χ0n) is 13.3. The summed E-state index contributed by atoms with van der Waals surface area (Å²) in [6.45, 7) is 5.54. The van der Waals surface area contributed by atoms with Gasteiger partial charge in [0.2, 0.25) is 0 Å². The molecule has 0 saturated carbocycles. The van der Waals surface area contributed by atoms with Crippen LogP contribution in [0.4, 0.5) is 4.79 Å². The Kier molecular flexibility index (Phi) is 6.84. The molecule has 0 spiro atoms. The van der Waals surface area contributed by atoms with Crippen molar-refractivity contribution in [3.05, 3.63) is 34.9 Å². The molecule has 1 rings (SSSR count). The van der Waals surface area contributed by atoms with Gasteiger partial charge in [-0.15, -0.1) is 0 Å². The number of alkyl carbamates (subject to hydrolysis) is 1. The van der Waals surface area contributed by atoms with Gasteiger partial charge >= 0.3 is 6.09 Å². The second-order valence-electron chi connectivity index (χ2n) is 5.93. The van der Waals surface area contributed by atoms with Crippen molar-refractivity contribution in [2.24, 2.45) is 0 Å². The Bertz CT molecular complexity index is 508. The van der Waals surface area contributed by atoms with E-state index in [0.717, 1.165) is 0 Å². The minimum atomic E-state index is -0.595. The van der Waals surface area contributed by atoms with Crippen LogP contribution in [0.15, 0.2) is 24.3 Å². The standard InChI is InChI=1S/C16H22ClNO4/c1-16(2,3)22-15(20)18-13(10-21-4)9-14(19)11-5-7-12(17)8-6-11/h5-8,13H,9-10H2,1-4H3,(H,18,20). The summed E-state index contributed by atoms with van der Waals surface area (Å²) >= 11 is 5.80. The van der Waals surface area contributed by atoms with Crippen molar-refractivity contribution in [2.75, 3.05) is 13.7 Å². The molecule has 0 aliphatic rings. The van der Waals surface area contributed by atoms with Crippen LogP contribution < -0.4 is 5.32 Å². The van der Waals surface area contributed by atoms with E-state index in [-0.39, 0.29) is 18.8 Å². The van der Waals surface area contributed by atoms with E-state index in [1.54, 1.807) is 45.0 Å². The fourth-order valence-electron chi connectivity index (χ4n) is 1.80. The molecule has 1 aromatic rings. The fourth-order valence-corrected chi connectivity index (χ4v) is 1.93. The number of ketones is 1. The van der Waals surface area contributed by atoms with Crippen LogP contribution in [0.3, 0.4) is 0 Å². The normalized spacial score (nSPS) is 12.6. The molecule has 1 atom stereocenters. The van der Waals surface area contributed by atoms with Gasteiger partial charge in [-0.05, 0) is 45.0 Å². The molecule has 1 unspecified atom stereocenters. The number of hydrogen-bond acceptors (Lipinski definition) is 4. The van der Waals surface area contributed by atoms with Crippen LogP contribution in [0.5, 0.6) is 0 Å². The van der Waals surface area contributed by atoms with E-state index in [9.17, 15) is 9.59 Å². The summed E-state index contributed by atoms with van der Waals surface area (Å²) in [6, 6.07) is 6.16. The van der Waals surface area contributed by atoms with Gasteiger partial charge in [0, 0.05) is 24.1 Å². The Balaban J connectivity index is 2.65. The van der Waals surface area contributed by atoms with Crippen molar-refractivity contribution in [3.63, 3.8) is 0 Å². The molecular weight excluding hydrogens is 306 g/mol. The molecule has 0 saturated heterocycles. The first-order valence-corrected chi connectivity index (χ1v) is 7.36. The van der Waals surface area contributed by atoms with Gasteiger partial charge in [-0.3, -0.25) is 4.79 Å². The van der Waals surface area contributed by atoms with Crippen LogP contribution in [0.1, 0.15) is 37.6 Å². The highest BCUT2D eigenvalue weighted by Crippen LogP contribution is 2.13. The van der Waals surface area contributed by atoms with Crippen LogP contribution in [-0.2, 0) is 9.47 Å². The summed E-state index contributed by atoms with van der Waals surface area (Å²) < 4.78 is 10.2. The van der Waals surface area contributed by atoms with Gasteiger partial charge < -0.3 is 14.8 Å². The number of carbonyl (C=O) groups excluding carboxylic acids is 2. The molecule has 1 N–H and O–H groups in total. The van der Waals surface area contributed by atoms with E-state index in [1.807, 2.05) is 0 Å². The first-order valence-electron chi connectivity index (χ1n) is 6.98. The quantitative estimate of drug-likeness (QED) is 0.813. The Hall–Kier alpha value is -1.59. The first-order chi connectivity index (χ1) is 10.2. The zero-order valence-corrected chi connectivity index (χ0v) is 14.1. The van der Waals surface area contributed by atoms with Gasteiger partial charge in [-0.2, -0.15) is 0 Å². The summed E-state index contributed by atoms with van der Waals surface area (Å²) in [7, 11) is 1.51. The van der Waals surface area contributed by atoms with Crippen LogP contribution in [-0.4, -0.2) is 37.2 Å². The number of Topliss-reactive ketones (excluding diaryl/α,β-unsaturated/α-hetero) is 1. The maximum absolute atomic E-state index is 12.2. The minimum Gasteiger partial charge on any atom is -0.444 e. The maximum atomic E-state index is 12.2. The van der Waals surface area contributed by atoms with Gasteiger partial charge in [0.15, 0.2) is 5.78 Å². The highest BCUT2D eigenvalue weighted by atomic mass is 35.5. The number of carbonyl (C=O) groups is 2. The summed E-state index contributed by atoms with van der Waals surface area (Å²) in [5.41, 5.74) is -0.0569. The van der Waals surface area contributed by atoms with Crippen molar-refractivity contribution in [2.45, 2.75) is 38.8 Å². The van der Waals surface area contributed by atoms with Crippen molar-refractivity contribution in [3.8, 4) is 0 Å². The van der Waals surface area contributed by atoms with Crippen LogP contribution in [0.2, 0.25) is 5.02 Å². The lowest BCUT2D eigenvalue weighted by Gasteiger charge is -2.23. The molecule has 0 bridgehead atoms. The maximum Gasteiger partial charge on any atom is 0.407 e. The Morgan fingerprint density at radius 2 is 1.82 bits per heavy atom. The SMILES string of the molecule is COCC(CC(=O)c1ccc(Cl)cc1)NC(=O)OC(C)(C)C. The van der Waals surface area contributed by atoms with Crippen molar-refractivity contribution in [1.82, 2.24) is 5.32 Å². The topological polar surface area (TPSA) is 64.6 Å². The van der Waals surface area contributed by atoms with E-state index < -0.39 is 17.7 Å². The van der Waals surface area contributed by atoms with Crippen LogP contribution in [0, 0.1) is 0 Å². The molecule has 122 valence electrons. The second kappa shape index (κ2) is 8.15. The average molecular weight is 328 g/mol. The molecule has 5 nitrogen and oxygen atoms in total. The van der Waals surface area contributed by atoms with E-state index in [1.165, 1.54) is 7.11 Å². The molecular formula is C16H22ClNO4. The van der Waals surface area contributed by atoms with Gasteiger partial charge in [0.1, 0.15) is 5.60 Å². The largest absolute Gasteiger partial charge is 0.444 e. The number of halogens is 1. The van der Waals surface area contributed by atoms with E-state index in [4.69, 9.17) is 21.1 Å². The highest BCUT2D eigenvalue weighted by molar-refractivity contribution is 6.30. The van der Waals surface area contributed by atoms with Crippen molar-refractivity contribution >= 4 is 23.5 Å². The number of methoxy groups -OCH3 is 1. The molecule has 6 heteroatoms. The molecule has 0 fully saturated rings. The van der Waals surface area contributed by atoms with Crippen LogP contribution >= 0.6 is 11.6 Å². The summed E-state index contributed by atoms with van der Waals surface area (Å²) in [5.74, 6) is -0.102. The van der Waals surface area contributed by atoms with Gasteiger partial charge in [-0.1, -0.05) is 11.6 Å². The Labute approximate surface area is 135 Å². The molecule has 1 aromatic carbocycles. The smallest absolute Gasteiger partial charge is 0.407 e. The van der Waals surface area contributed by atoms with Crippen molar-refractivity contribution < 1.29 is 19.1 Å². The van der Waals surface area contributed by atoms with Crippen LogP contribution in [0.25, 0.3) is 0 Å². The van der Waals surface area contributed by atoms with Gasteiger partial charge in [0.25, 0.3) is 0 Å². The number of amides is 1. The predicted octanol–water partition coefficient (Wildman–Crippen LogP) is 3.45. The molecule has 0 heterocycles. The number of nitrogens with one attached hydrogen (secondary N) is 1. The molecule has 0 aliphatic carbocycles. The number of ether oxygens (including phenoxy) is 2.